The Kier molecular flexibility index (Phi) is 2.16. The lowest BCUT2D eigenvalue weighted by molar-refractivity contribution is 0.594. The van der Waals surface area contributed by atoms with Crippen molar-refractivity contribution < 1.29 is 8.42 Å². The molecule has 0 fully saturated rings. The van der Waals surface area contributed by atoms with E-state index in [-0.39, 0.29) is 5.75 Å². The van der Waals surface area contributed by atoms with Crippen molar-refractivity contribution in [2.24, 2.45) is 12.2 Å². The topological polar surface area (TPSA) is 90.9 Å². The minimum absolute atomic E-state index is 0.273. The van der Waals surface area contributed by atoms with Gasteiger partial charge in [0.15, 0.2) is 0 Å². The SMILES string of the molecule is Cc1nnc(CS(N)(=O)=O)n1C. The first-order valence-electron chi connectivity index (χ1n) is 3.25. The molecule has 68 valence electrons. The van der Waals surface area contributed by atoms with Crippen LogP contribution < -0.4 is 5.14 Å². The molecule has 7 heteroatoms. The Morgan fingerprint density at radius 2 is 2.08 bits per heavy atom. The molecule has 1 heterocycles. The van der Waals surface area contributed by atoms with Crippen molar-refractivity contribution in [1.29, 1.82) is 0 Å². The van der Waals surface area contributed by atoms with Crippen LogP contribution in [0, 0.1) is 6.92 Å². The van der Waals surface area contributed by atoms with Crippen LogP contribution in [-0.2, 0) is 22.8 Å². The highest BCUT2D eigenvalue weighted by molar-refractivity contribution is 7.88. The maximum absolute atomic E-state index is 10.7. The van der Waals surface area contributed by atoms with E-state index in [4.69, 9.17) is 5.14 Å². The second-order valence-corrected chi connectivity index (χ2v) is 4.14. The lowest BCUT2D eigenvalue weighted by atomic mass is 10.6. The molecule has 0 atom stereocenters. The van der Waals surface area contributed by atoms with Crippen LogP contribution in [0.1, 0.15) is 11.6 Å². The van der Waals surface area contributed by atoms with Gasteiger partial charge in [-0.2, -0.15) is 0 Å². The smallest absolute Gasteiger partial charge is 0.216 e. The van der Waals surface area contributed by atoms with Crippen molar-refractivity contribution in [2.45, 2.75) is 12.7 Å². The summed E-state index contributed by atoms with van der Waals surface area (Å²) in [6, 6.07) is 0. The third kappa shape index (κ3) is 2.02. The summed E-state index contributed by atoms with van der Waals surface area (Å²) in [6.45, 7) is 1.74. The van der Waals surface area contributed by atoms with Gasteiger partial charge in [-0.05, 0) is 6.92 Å². The zero-order chi connectivity index (χ0) is 9.35. The molecule has 0 radical (unpaired) electrons. The first-order chi connectivity index (χ1) is 5.40. The fraction of sp³-hybridized carbons (Fsp3) is 0.600. The summed E-state index contributed by atoms with van der Waals surface area (Å²) in [5.74, 6) is 0.744. The maximum atomic E-state index is 10.7. The number of aryl methyl sites for hydroxylation is 1. The van der Waals surface area contributed by atoms with Gasteiger partial charge in [0.05, 0.1) is 0 Å². The zero-order valence-electron chi connectivity index (χ0n) is 6.85. The lowest BCUT2D eigenvalue weighted by Crippen LogP contribution is -2.17. The molecule has 0 amide bonds. The first kappa shape index (κ1) is 9.14. The summed E-state index contributed by atoms with van der Waals surface area (Å²) in [5, 5.41) is 12.2. The Bertz CT molecular complexity index is 380. The molecule has 0 bridgehead atoms. The van der Waals surface area contributed by atoms with Crippen molar-refractivity contribution in [3.05, 3.63) is 11.6 Å². The van der Waals surface area contributed by atoms with E-state index in [0.717, 1.165) is 0 Å². The molecule has 2 N–H and O–H groups in total. The summed E-state index contributed by atoms with van der Waals surface area (Å²) in [6.07, 6.45) is 0. The van der Waals surface area contributed by atoms with Gasteiger partial charge in [-0.1, -0.05) is 0 Å². The molecule has 0 aliphatic rings. The molecule has 0 saturated heterocycles. The van der Waals surface area contributed by atoms with Gasteiger partial charge in [0.2, 0.25) is 10.0 Å². The minimum Gasteiger partial charge on any atom is -0.317 e. The van der Waals surface area contributed by atoms with E-state index in [1.54, 1.807) is 18.5 Å². The zero-order valence-corrected chi connectivity index (χ0v) is 7.67. The molecule has 0 spiro atoms. The monoisotopic (exact) mass is 190 g/mol. The predicted octanol–water partition coefficient (Wildman–Crippen LogP) is -1.09. The molecule has 0 saturated carbocycles. The first-order valence-corrected chi connectivity index (χ1v) is 4.97. The van der Waals surface area contributed by atoms with Crippen LogP contribution in [-0.4, -0.2) is 23.2 Å². The van der Waals surface area contributed by atoms with E-state index < -0.39 is 10.0 Å². The standard InChI is InChI=1S/C5H10N4O2S/c1-4-7-8-5(9(4)2)3-12(6,10)11/h3H2,1-2H3,(H2,6,10,11). The summed E-state index contributed by atoms with van der Waals surface area (Å²) in [7, 11) is -1.82. The molecule has 0 unspecified atom stereocenters. The number of rotatable bonds is 2. The van der Waals surface area contributed by atoms with Crippen molar-refractivity contribution >= 4 is 10.0 Å². The highest BCUT2D eigenvalue weighted by atomic mass is 32.2. The van der Waals surface area contributed by atoms with Crippen molar-refractivity contribution in [3.8, 4) is 0 Å². The second kappa shape index (κ2) is 2.83. The highest BCUT2D eigenvalue weighted by Crippen LogP contribution is 2.00. The summed E-state index contributed by atoms with van der Waals surface area (Å²) >= 11 is 0. The van der Waals surface area contributed by atoms with Gasteiger partial charge in [-0.15, -0.1) is 10.2 Å². The summed E-state index contributed by atoms with van der Waals surface area (Å²) < 4.78 is 22.9. The Balaban J connectivity index is 2.99. The van der Waals surface area contributed by atoms with E-state index >= 15 is 0 Å². The van der Waals surface area contributed by atoms with E-state index in [1.807, 2.05) is 0 Å². The maximum Gasteiger partial charge on any atom is 0.216 e. The lowest BCUT2D eigenvalue weighted by Gasteiger charge is -1.98. The Morgan fingerprint density at radius 1 is 1.50 bits per heavy atom. The van der Waals surface area contributed by atoms with Crippen LogP contribution in [0.3, 0.4) is 0 Å². The molecule has 12 heavy (non-hydrogen) atoms. The number of hydrogen-bond donors (Lipinski definition) is 1. The Morgan fingerprint density at radius 3 is 2.42 bits per heavy atom. The number of aromatic nitrogens is 3. The largest absolute Gasteiger partial charge is 0.317 e. The normalized spacial score (nSPS) is 11.9. The van der Waals surface area contributed by atoms with E-state index in [2.05, 4.69) is 10.2 Å². The minimum atomic E-state index is -3.51. The predicted molar refractivity (Wildman–Crippen MR) is 42.6 cm³/mol. The van der Waals surface area contributed by atoms with Gasteiger partial charge in [-0.3, -0.25) is 0 Å². The van der Waals surface area contributed by atoms with Gasteiger partial charge in [0.1, 0.15) is 17.4 Å². The molecule has 0 aliphatic carbocycles. The number of nitrogens with zero attached hydrogens (tertiary/aromatic N) is 3. The summed E-state index contributed by atoms with van der Waals surface area (Å²) in [4.78, 5) is 0. The summed E-state index contributed by atoms with van der Waals surface area (Å²) in [5.41, 5.74) is 0. The number of primary sulfonamides is 1. The average molecular weight is 190 g/mol. The van der Waals surface area contributed by atoms with Crippen LogP contribution in [0.2, 0.25) is 0 Å². The third-order valence-electron chi connectivity index (χ3n) is 1.51. The molecule has 6 nitrogen and oxygen atoms in total. The number of nitrogens with two attached hydrogens (primary N) is 1. The van der Waals surface area contributed by atoms with E-state index in [0.29, 0.717) is 11.6 Å². The van der Waals surface area contributed by atoms with Crippen molar-refractivity contribution in [2.75, 3.05) is 0 Å². The van der Waals surface area contributed by atoms with Gasteiger partial charge in [0, 0.05) is 7.05 Å². The number of sulfonamides is 1. The van der Waals surface area contributed by atoms with Crippen LogP contribution in [0.5, 0.6) is 0 Å². The van der Waals surface area contributed by atoms with Gasteiger partial charge < -0.3 is 4.57 Å². The van der Waals surface area contributed by atoms with Gasteiger partial charge >= 0.3 is 0 Å². The molecule has 0 aromatic carbocycles. The molecule has 0 aliphatic heterocycles. The Hall–Kier alpha value is -0.950. The van der Waals surface area contributed by atoms with Crippen LogP contribution in [0.25, 0.3) is 0 Å². The third-order valence-corrected chi connectivity index (χ3v) is 2.17. The van der Waals surface area contributed by atoms with Gasteiger partial charge in [0.25, 0.3) is 0 Å². The molecule has 1 aromatic rings. The van der Waals surface area contributed by atoms with E-state index in [9.17, 15) is 8.42 Å². The van der Waals surface area contributed by atoms with Crippen LogP contribution >= 0.6 is 0 Å². The van der Waals surface area contributed by atoms with E-state index in [1.165, 1.54) is 0 Å². The van der Waals surface area contributed by atoms with Crippen molar-refractivity contribution in [3.63, 3.8) is 0 Å². The van der Waals surface area contributed by atoms with Gasteiger partial charge in [-0.25, -0.2) is 13.6 Å². The molecular formula is C5H10N4O2S. The second-order valence-electron chi connectivity index (χ2n) is 2.53. The van der Waals surface area contributed by atoms with Crippen LogP contribution in [0.15, 0.2) is 0 Å². The van der Waals surface area contributed by atoms with Crippen LogP contribution in [0.4, 0.5) is 0 Å². The molecule has 1 rings (SSSR count). The fourth-order valence-electron chi connectivity index (χ4n) is 0.757. The fourth-order valence-corrected chi connectivity index (χ4v) is 1.37. The highest BCUT2D eigenvalue weighted by Gasteiger charge is 2.11. The molecule has 1 aromatic heterocycles. The van der Waals surface area contributed by atoms with Crippen molar-refractivity contribution in [1.82, 2.24) is 14.8 Å². The quantitative estimate of drug-likeness (QED) is 0.641. The number of hydrogen-bond acceptors (Lipinski definition) is 4. The molecular weight excluding hydrogens is 180 g/mol. The average Bonchev–Trinajstić information content (AvgIpc) is 2.16. The Labute approximate surface area is 70.5 Å².